The summed E-state index contributed by atoms with van der Waals surface area (Å²) in [6, 6.07) is 11.8. The lowest BCUT2D eigenvalue weighted by Gasteiger charge is -2.33. The fourth-order valence-electron chi connectivity index (χ4n) is 3.99. The van der Waals surface area contributed by atoms with Crippen molar-refractivity contribution >= 4 is 5.65 Å². The van der Waals surface area contributed by atoms with E-state index in [1.165, 1.54) is 15.1 Å². The molecular weight excluding hydrogens is 387 g/mol. The molecule has 1 aliphatic rings. The largest absolute Gasteiger partial charge is 0.419 e. The van der Waals surface area contributed by atoms with Crippen LogP contribution >= 0.6 is 0 Å². The predicted octanol–water partition coefficient (Wildman–Crippen LogP) is 2.91. The molecule has 0 spiro atoms. The second kappa shape index (κ2) is 7.83. The van der Waals surface area contributed by atoms with Gasteiger partial charge in [0.15, 0.2) is 5.65 Å². The average molecular weight is 408 g/mol. The van der Waals surface area contributed by atoms with Gasteiger partial charge in [-0.1, -0.05) is 24.6 Å². The summed E-state index contributed by atoms with van der Waals surface area (Å²) >= 11 is 0. The van der Waals surface area contributed by atoms with Gasteiger partial charge < -0.3 is 4.42 Å². The summed E-state index contributed by atoms with van der Waals surface area (Å²) in [6.45, 7) is 1.96. The molecule has 4 heterocycles. The van der Waals surface area contributed by atoms with E-state index in [0.717, 1.165) is 25.8 Å². The van der Waals surface area contributed by atoms with Crippen molar-refractivity contribution in [2.75, 3.05) is 13.1 Å². The number of hydrogen-bond donors (Lipinski definition) is 0. The van der Waals surface area contributed by atoms with Gasteiger partial charge in [0, 0.05) is 12.7 Å². The van der Waals surface area contributed by atoms with Gasteiger partial charge in [-0.3, -0.25) is 9.30 Å². The molecule has 1 atom stereocenters. The molecule has 4 aromatic rings. The van der Waals surface area contributed by atoms with E-state index in [0.29, 0.717) is 30.2 Å². The van der Waals surface area contributed by atoms with E-state index < -0.39 is 0 Å². The van der Waals surface area contributed by atoms with E-state index in [1.807, 2.05) is 18.2 Å². The minimum Gasteiger partial charge on any atom is -0.419 e. The first-order valence-electron chi connectivity index (χ1n) is 10.1. The Morgan fingerprint density at radius 2 is 1.93 bits per heavy atom. The molecule has 1 aliphatic heterocycles. The lowest BCUT2D eigenvalue weighted by molar-refractivity contribution is 0.119. The molecule has 154 valence electrons. The van der Waals surface area contributed by atoms with E-state index in [-0.39, 0.29) is 23.4 Å². The van der Waals surface area contributed by atoms with Gasteiger partial charge in [-0.2, -0.15) is 0 Å². The van der Waals surface area contributed by atoms with Gasteiger partial charge in [-0.25, -0.2) is 13.9 Å². The zero-order valence-electron chi connectivity index (χ0n) is 16.3. The number of piperidine rings is 1. The van der Waals surface area contributed by atoms with Crippen molar-refractivity contribution in [3.05, 3.63) is 70.9 Å². The van der Waals surface area contributed by atoms with E-state index >= 15 is 0 Å². The molecule has 0 amide bonds. The van der Waals surface area contributed by atoms with Gasteiger partial charge in [0.05, 0.1) is 18.2 Å². The Hall–Kier alpha value is -3.33. The van der Waals surface area contributed by atoms with Crippen LogP contribution in [0.25, 0.3) is 17.1 Å². The van der Waals surface area contributed by atoms with Gasteiger partial charge in [0.25, 0.3) is 5.89 Å². The Morgan fingerprint density at radius 1 is 1.07 bits per heavy atom. The third-order valence-corrected chi connectivity index (χ3v) is 5.53. The number of nitrogens with zero attached hydrogens (tertiary/aromatic N) is 6. The van der Waals surface area contributed by atoms with Gasteiger partial charge in [-0.05, 0) is 43.7 Å². The number of fused-ring (bicyclic) bond motifs is 1. The highest BCUT2D eigenvalue weighted by Gasteiger charge is 2.29. The maximum Gasteiger partial charge on any atom is 0.350 e. The zero-order chi connectivity index (χ0) is 20.5. The molecule has 9 heteroatoms. The topological polar surface area (TPSA) is 81.5 Å². The normalized spacial score (nSPS) is 17.6. The molecule has 0 unspecified atom stereocenters. The third-order valence-electron chi connectivity index (χ3n) is 5.53. The fraction of sp³-hybridized carbons (Fsp3) is 0.333. The maximum absolute atomic E-state index is 14.1. The number of aromatic nitrogens is 5. The molecule has 0 N–H and O–H groups in total. The van der Waals surface area contributed by atoms with Crippen molar-refractivity contribution in [3.8, 4) is 11.5 Å². The van der Waals surface area contributed by atoms with Crippen LogP contribution in [0.5, 0.6) is 0 Å². The highest BCUT2D eigenvalue weighted by molar-refractivity contribution is 5.53. The first-order chi connectivity index (χ1) is 14.7. The molecule has 1 saturated heterocycles. The van der Waals surface area contributed by atoms with Crippen molar-refractivity contribution in [2.45, 2.75) is 31.8 Å². The van der Waals surface area contributed by atoms with Crippen LogP contribution < -0.4 is 5.69 Å². The quantitative estimate of drug-likeness (QED) is 0.505. The Morgan fingerprint density at radius 3 is 2.80 bits per heavy atom. The first kappa shape index (κ1) is 18.7. The van der Waals surface area contributed by atoms with Crippen molar-refractivity contribution in [2.24, 2.45) is 0 Å². The number of benzene rings is 1. The molecule has 5 rings (SSSR count). The van der Waals surface area contributed by atoms with Crippen molar-refractivity contribution in [3.63, 3.8) is 0 Å². The summed E-state index contributed by atoms with van der Waals surface area (Å²) in [5, 5.41) is 12.7. The van der Waals surface area contributed by atoms with Crippen LogP contribution in [0.3, 0.4) is 0 Å². The molecule has 0 saturated carbocycles. The number of pyridine rings is 1. The van der Waals surface area contributed by atoms with Crippen LogP contribution in [0.15, 0.2) is 57.9 Å². The summed E-state index contributed by atoms with van der Waals surface area (Å²) in [7, 11) is 0. The van der Waals surface area contributed by atoms with Crippen molar-refractivity contribution < 1.29 is 8.81 Å². The standard InChI is InChI=1S/C21H21FN6O2/c22-16-8-2-1-7-15(16)19-23-24-20(30-19)17-9-3-5-11-26(17)13-14-28-21(29)27-12-6-4-10-18(27)25-28/h1-2,4,6-8,10,12,17H,3,5,9,11,13-14H2/t17-/m0/s1. The lowest BCUT2D eigenvalue weighted by Crippen LogP contribution is -2.37. The first-order valence-corrected chi connectivity index (χ1v) is 10.1. The van der Waals surface area contributed by atoms with Crippen LogP contribution in [0.2, 0.25) is 0 Å². The smallest absolute Gasteiger partial charge is 0.350 e. The van der Waals surface area contributed by atoms with E-state index in [4.69, 9.17) is 4.42 Å². The van der Waals surface area contributed by atoms with E-state index in [1.54, 1.807) is 24.4 Å². The summed E-state index contributed by atoms with van der Waals surface area (Å²) in [5.41, 5.74) is 0.776. The van der Waals surface area contributed by atoms with Crippen LogP contribution in [0.1, 0.15) is 31.2 Å². The molecule has 0 bridgehead atoms. The van der Waals surface area contributed by atoms with Crippen molar-refractivity contribution in [1.82, 2.24) is 29.3 Å². The molecule has 30 heavy (non-hydrogen) atoms. The van der Waals surface area contributed by atoms with Crippen molar-refractivity contribution in [1.29, 1.82) is 0 Å². The van der Waals surface area contributed by atoms with Crippen LogP contribution in [0.4, 0.5) is 4.39 Å². The molecule has 0 aliphatic carbocycles. The predicted molar refractivity (Wildman–Crippen MR) is 107 cm³/mol. The molecule has 3 aromatic heterocycles. The Labute approximate surface area is 171 Å². The number of hydrogen-bond acceptors (Lipinski definition) is 6. The van der Waals surface area contributed by atoms with E-state index in [9.17, 15) is 9.18 Å². The Kier molecular flexibility index (Phi) is 4.88. The minimum absolute atomic E-state index is 0.0560. The van der Waals surface area contributed by atoms with Crippen LogP contribution in [0, 0.1) is 5.82 Å². The number of likely N-dealkylation sites (tertiary alicyclic amines) is 1. The maximum atomic E-state index is 14.1. The van der Waals surface area contributed by atoms with E-state index in [2.05, 4.69) is 20.2 Å². The van der Waals surface area contributed by atoms with Crippen LogP contribution in [-0.4, -0.2) is 42.4 Å². The number of halogens is 1. The molecule has 0 radical (unpaired) electrons. The minimum atomic E-state index is -0.389. The molecule has 8 nitrogen and oxygen atoms in total. The summed E-state index contributed by atoms with van der Waals surface area (Å²) in [6.07, 6.45) is 4.70. The Balaban J connectivity index is 1.35. The lowest BCUT2D eigenvalue weighted by atomic mass is 10.0. The second-order valence-corrected chi connectivity index (χ2v) is 7.41. The van der Waals surface area contributed by atoms with Gasteiger partial charge in [0.2, 0.25) is 5.89 Å². The van der Waals surface area contributed by atoms with Crippen LogP contribution in [-0.2, 0) is 6.54 Å². The second-order valence-electron chi connectivity index (χ2n) is 7.41. The average Bonchev–Trinajstić information content (AvgIpc) is 3.38. The molecule has 1 aromatic carbocycles. The summed E-state index contributed by atoms with van der Waals surface area (Å²) in [4.78, 5) is 14.7. The highest BCUT2D eigenvalue weighted by atomic mass is 19.1. The summed E-state index contributed by atoms with van der Waals surface area (Å²) in [5.74, 6) is 0.278. The highest BCUT2D eigenvalue weighted by Crippen LogP contribution is 2.32. The monoisotopic (exact) mass is 408 g/mol. The fourth-order valence-corrected chi connectivity index (χ4v) is 3.99. The number of rotatable bonds is 5. The molecular formula is C21H21FN6O2. The van der Waals surface area contributed by atoms with Gasteiger partial charge >= 0.3 is 5.69 Å². The van der Waals surface area contributed by atoms with Gasteiger partial charge in [0.1, 0.15) is 5.82 Å². The van der Waals surface area contributed by atoms with Gasteiger partial charge in [-0.15, -0.1) is 15.3 Å². The Bertz CT molecular complexity index is 1230. The zero-order valence-corrected chi connectivity index (χ0v) is 16.3. The third kappa shape index (κ3) is 3.41. The summed E-state index contributed by atoms with van der Waals surface area (Å²) < 4.78 is 22.9. The SMILES string of the molecule is O=c1n(CCN2CCCC[C@H]2c2nnc(-c3ccccc3F)o2)nc2ccccn12. The molecule has 1 fully saturated rings.